The fraction of sp³-hybridized carbons (Fsp3) is 0.885. The van der Waals surface area contributed by atoms with E-state index >= 15 is 0 Å². The average molecular weight is 539 g/mol. The number of hydrogen-bond donors (Lipinski definition) is 0. The van der Waals surface area contributed by atoms with Crippen LogP contribution in [0.15, 0.2) is 0 Å². The maximum absolute atomic E-state index is 10.9. The van der Waals surface area contributed by atoms with Gasteiger partial charge < -0.3 is 14.7 Å². The first-order valence-corrected chi connectivity index (χ1v) is 13.3. The summed E-state index contributed by atoms with van der Waals surface area (Å²) in [5.74, 6) is 1.24. The number of piperidine rings is 1. The van der Waals surface area contributed by atoms with Crippen LogP contribution in [0.5, 0.6) is 0 Å². The van der Waals surface area contributed by atoms with E-state index in [1.165, 1.54) is 23.6 Å². The van der Waals surface area contributed by atoms with Crippen molar-refractivity contribution in [3.05, 3.63) is 0 Å². The minimum absolute atomic E-state index is 0. The first-order chi connectivity index (χ1) is 15.0. The smallest absolute Gasteiger partial charge is 0.222 e. The van der Waals surface area contributed by atoms with Crippen molar-refractivity contribution in [2.75, 3.05) is 60.1 Å². The van der Waals surface area contributed by atoms with E-state index in [9.17, 15) is 22.8 Å². The maximum Gasteiger partial charge on any atom is 0.222 e. The lowest BCUT2D eigenvalue weighted by molar-refractivity contribution is -0.132. The molecule has 4 rings (SSSR count). The summed E-state index contributed by atoms with van der Waals surface area (Å²) in [6, 6.07) is 0. The molecule has 4 saturated heterocycles. The molecule has 4 fully saturated rings. The van der Waals surface area contributed by atoms with Gasteiger partial charge in [0.05, 0.1) is 5.75 Å². The van der Waals surface area contributed by atoms with Crippen molar-refractivity contribution in [3.63, 3.8) is 0 Å². The fourth-order valence-corrected chi connectivity index (χ4v) is 4.82. The summed E-state index contributed by atoms with van der Waals surface area (Å²) in [4.78, 5) is 37.5. The van der Waals surface area contributed by atoms with Crippen molar-refractivity contribution < 1.29 is 22.8 Å². The normalized spacial score (nSPS) is 20.8. The predicted octanol–water partition coefficient (Wildman–Crippen LogP) is 4.08. The molecule has 0 radical (unpaired) electrons. The minimum atomic E-state index is -2.79. The van der Waals surface area contributed by atoms with E-state index in [4.69, 9.17) is 0 Å². The first kappa shape index (κ1) is 41.4. The fourth-order valence-electron chi connectivity index (χ4n) is 3.61. The summed E-state index contributed by atoms with van der Waals surface area (Å²) >= 11 is 0. The molecule has 0 aromatic rings. The van der Waals surface area contributed by atoms with Crippen LogP contribution < -0.4 is 0 Å². The molecule has 4 aliphatic heterocycles. The van der Waals surface area contributed by atoms with Crippen LogP contribution in [0.4, 0.5) is 0 Å². The number of carbonyl (C=O) groups is 3. The molecule has 0 bridgehead atoms. The summed E-state index contributed by atoms with van der Waals surface area (Å²) in [7, 11) is 4.41. The summed E-state index contributed by atoms with van der Waals surface area (Å²) in [6.45, 7) is 3.57. The van der Waals surface area contributed by atoms with E-state index in [1.807, 2.05) is 26.0 Å². The van der Waals surface area contributed by atoms with Crippen molar-refractivity contribution in [2.24, 2.45) is 0 Å². The number of nitrogens with zero attached hydrogens (tertiary/aromatic N) is 4. The Labute approximate surface area is 223 Å². The molecule has 0 saturated carbocycles. The van der Waals surface area contributed by atoms with Gasteiger partial charge in [0, 0.05) is 73.6 Å². The van der Waals surface area contributed by atoms with Gasteiger partial charge in [-0.15, -0.1) is 0 Å². The Balaban J connectivity index is -0.000000183. The van der Waals surface area contributed by atoms with E-state index in [2.05, 4.69) is 0 Å². The van der Waals surface area contributed by atoms with Crippen molar-refractivity contribution in [2.45, 2.75) is 93.9 Å². The van der Waals surface area contributed by atoms with Crippen LogP contribution in [0.3, 0.4) is 0 Å². The highest BCUT2D eigenvalue weighted by Gasteiger charge is 2.23. The van der Waals surface area contributed by atoms with Crippen LogP contribution in [0.2, 0.25) is 0 Å². The standard InChI is InChI=1S/C7H13NO.C6H11NO.C5H9NO.C4H9NO2S.4CH4/c1-8-6-4-2-3-5-7(8)9;1-7-5-3-2-4-6(7)8;1-6-4-2-3-5(6)7;1-5-3-2-4-8(5,6)7;;;;/h2-6H2,1H3;2-5H2,1H3;2-4H2,1H3;2-4H2,1H3;4*1H4. The summed E-state index contributed by atoms with van der Waals surface area (Å²) in [5.41, 5.74) is 0. The summed E-state index contributed by atoms with van der Waals surface area (Å²) in [6.07, 6.45) is 9.88. The van der Waals surface area contributed by atoms with Gasteiger partial charge in [0.2, 0.25) is 27.7 Å². The molecular weight excluding hydrogens is 480 g/mol. The third kappa shape index (κ3) is 16.1. The van der Waals surface area contributed by atoms with E-state index in [-0.39, 0.29) is 29.7 Å². The SMILES string of the molecule is C.C.C.C.CN1CCCC1=O.CN1CCCCC1=O.CN1CCCCCC1=O.CN1CCCS1(=O)=O. The molecule has 0 atom stereocenters. The monoisotopic (exact) mass is 538 g/mol. The Morgan fingerprint density at radius 2 is 0.861 bits per heavy atom. The second kappa shape index (κ2) is 21.4. The Bertz CT molecular complexity index is 715. The molecule has 9 nitrogen and oxygen atoms in total. The predicted molar refractivity (Wildman–Crippen MR) is 152 cm³/mol. The number of likely N-dealkylation sites (tertiary alicyclic amines) is 3. The van der Waals surface area contributed by atoms with Crippen LogP contribution in [0, 0.1) is 0 Å². The Morgan fingerprint density at radius 1 is 0.500 bits per heavy atom. The lowest BCUT2D eigenvalue weighted by atomic mass is 10.1. The van der Waals surface area contributed by atoms with E-state index in [0.29, 0.717) is 30.0 Å². The van der Waals surface area contributed by atoms with Gasteiger partial charge in [0.25, 0.3) is 0 Å². The highest BCUT2D eigenvalue weighted by atomic mass is 32.2. The summed E-state index contributed by atoms with van der Waals surface area (Å²) in [5, 5.41) is 0. The van der Waals surface area contributed by atoms with Crippen molar-refractivity contribution in [1.82, 2.24) is 19.0 Å². The quantitative estimate of drug-likeness (QED) is 0.463. The number of sulfonamides is 1. The highest BCUT2D eigenvalue weighted by molar-refractivity contribution is 7.89. The van der Waals surface area contributed by atoms with Gasteiger partial charge in [-0.25, -0.2) is 12.7 Å². The average Bonchev–Trinajstić information content (AvgIpc) is 3.20. The Hall–Kier alpha value is -1.68. The van der Waals surface area contributed by atoms with Crippen molar-refractivity contribution in [1.29, 1.82) is 0 Å². The molecular formula is C26H58N4O5S. The number of amides is 3. The van der Waals surface area contributed by atoms with Crippen LogP contribution >= 0.6 is 0 Å². The lowest BCUT2D eigenvalue weighted by Crippen LogP contribution is -2.31. The highest BCUT2D eigenvalue weighted by Crippen LogP contribution is 2.09. The molecule has 4 aliphatic rings. The molecule has 3 amide bonds. The molecule has 0 unspecified atom stereocenters. The van der Waals surface area contributed by atoms with E-state index in [0.717, 1.165) is 64.6 Å². The molecule has 0 aromatic heterocycles. The molecule has 4 heterocycles. The van der Waals surface area contributed by atoms with Crippen LogP contribution in [0.25, 0.3) is 0 Å². The van der Waals surface area contributed by atoms with Gasteiger partial charge in [0.15, 0.2) is 0 Å². The maximum atomic E-state index is 10.9. The van der Waals surface area contributed by atoms with Crippen LogP contribution in [-0.2, 0) is 24.4 Å². The minimum Gasteiger partial charge on any atom is -0.346 e. The number of hydrogen-bond acceptors (Lipinski definition) is 5. The largest absolute Gasteiger partial charge is 0.346 e. The molecule has 0 N–H and O–H groups in total. The third-order valence-electron chi connectivity index (χ3n) is 6.03. The Morgan fingerprint density at radius 3 is 1.17 bits per heavy atom. The molecule has 218 valence electrons. The van der Waals surface area contributed by atoms with Gasteiger partial charge >= 0.3 is 0 Å². The third-order valence-corrected chi connectivity index (χ3v) is 7.97. The van der Waals surface area contributed by atoms with Gasteiger partial charge in [-0.05, 0) is 38.5 Å². The van der Waals surface area contributed by atoms with Crippen LogP contribution in [0.1, 0.15) is 93.9 Å². The first-order valence-electron chi connectivity index (χ1n) is 11.7. The number of carbonyl (C=O) groups excluding carboxylic acids is 3. The molecule has 0 spiro atoms. The Kier molecular flexibility index (Phi) is 24.6. The molecule has 36 heavy (non-hydrogen) atoms. The zero-order chi connectivity index (χ0) is 24.1. The zero-order valence-electron chi connectivity index (χ0n) is 20.3. The zero-order valence-corrected chi connectivity index (χ0v) is 21.2. The topological polar surface area (TPSA) is 98.3 Å². The number of rotatable bonds is 0. The van der Waals surface area contributed by atoms with E-state index < -0.39 is 10.0 Å². The molecule has 0 aromatic carbocycles. The van der Waals surface area contributed by atoms with Gasteiger partial charge in [-0.1, -0.05) is 36.1 Å². The van der Waals surface area contributed by atoms with Crippen molar-refractivity contribution in [3.8, 4) is 0 Å². The van der Waals surface area contributed by atoms with Gasteiger partial charge in [0.1, 0.15) is 0 Å². The van der Waals surface area contributed by atoms with Crippen LogP contribution in [-0.4, -0.2) is 105 Å². The van der Waals surface area contributed by atoms with E-state index in [1.54, 1.807) is 16.8 Å². The molecule has 0 aliphatic carbocycles. The van der Waals surface area contributed by atoms with Gasteiger partial charge in [-0.2, -0.15) is 0 Å². The second-order valence-electron chi connectivity index (χ2n) is 8.81. The van der Waals surface area contributed by atoms with Crippen molar-refractivity contribution >= 4 is 27.7 Å². The molecule has 10 heteroatoms. The summed E-state index contributed by atoms with van der Waals surface area (Å²) < 4.78 is 22.8. The van der Waals surface area contributed by atoms with Gasteiger partial charge in [-0.3, -0.25) is 14.4 Å². The second-order valence-corrected chi connectivity index (χ2v) is 11.0. The lowest BCUT2D eigenvalue weighted by Gasteiger charge is -2.21.